The first kappa shape index (κ1) is 17.1. The van der Waals surface area contributed by atoms with Gasteiger partial charge in [-0.15, -0.1) is 0 Å². The highest BCUT2D eigenvalue weighted by Gasteiger charge is 2.48. The molecule has 2 aliphatic heterocycles. The van der Waals surface area contributed by atoms with Crippen LogP contribution >= 0.6 is 11.6 Å². The van der Waals surface area contributed by atoms with Crippen LogP contribution in [0.15, 0.2) is 54.6 Å². The van der Waals surface area contributed by atoms with Crippen LogP contribution in [-0.4, -0.2) is 30.7 Å². The molecule has 2 heterocycles. The standard InChI is InChI=1S/C23H29ClN/c1-25(2)21-11-12-22(25)14-17(13-21)15-23(18-7-4-3-5-8-18)19-9-6-10-20(24)16-19/h3-10,16-17,21-23H,11-15H2,1-2H3/q+1/t21-,22-,23?/m0/s1. The van der Waals surface area contributed by atoms with Gasteiger partial charge in [0.1, 0.15) is 0 Å². The highest BCUT2D eigenvalue weighted by atomic mass is 35.5. The molecule has 2 aliphatic rings. The summed E-state index contributed by atoms with van der Waals surface area (Å²) >= 11 is 6.31. The average molecular weight is 355 g/mol. The highest BCUT2D eigenvalue weighted by molar-refractivity contribution is 6.30. The quantitative estimate of drug-likeness (QED) is 0.601. The van der Waals surface area contributed by atoms with Gasteiger partial charge in [0.05, 0.1) is 26.2 Å². The van der Waals surface area contributed by atoms with Crippen molar-refractivity contribution in [1.29, 1.82) is 0 Å². The summed E-state index contributed by atoms with van der Waals surface area (Å²) in [6.45, 7) is 0. The summed E-state index contributed by atoms with van der Waals surface area (Å²) in [6, 6.07) is 21.2. The Morgan fingerprint density at radius 1 is 0.920 bits per heavy atom. The fourth-order valence-corrected chi connectivity index (χ4v) is 5.59. The molecule has 0 amide bonds. The number of piperidine rings is 1. The number of halogens is 1. The third-order valence-electron chi connectivity index (χ3n) is 6.95. The second-order valence-electron chi connectivity index (χ2n) is 8.61. The molecule has 0 N–H and O–H groups in total. The number of hydrogen-bond donors (Lipinski definition) is 0. The molecule has 2 heteroatoms. The molecule has 0 spiro atoms. The third-order valence-corrected chi connectivity index (χ3v) is 7.18. The van der Waals surface area contributed by atoms with E-state index in [4.69, 9.17) is 11.6 Å². The fraction of sp³-hybridized carbons (Fsp3) is 0.478. The molecule has 2 aromatic carbocycles. The van der Waals surface area contributed by atoms with E-state index in [1.54, 1.807) is 0 Å². The summed E-state index contributed by atoms with van der Waals surface area (Å²) in [5.41, 5.74) is 2.79. The third kappa shape index (κ3) is 3.37. The van der Waals surface area contributed by atoms with Gasteiger partial charge in [0.15, 0.2) is 0 Å². The summed E-state index contributed by atoms with van der Waals surface area (Å²) in [7, 11) is 4.90. The van der Waals surface area contributed by atoms with Crippen LogP contribution in [-0.2, 0) is 0 Å². The monoisotopic (exact) mass is 354 g/mol. The summed E-state index contributed by atoms with van der Waals surface area (Å²) in [4.78, 5) is 0. The molecule has 0 aromatic heterocycles. The van der Waals surface area contributed by atoms with Crippen molar-refractivity contribution in [3.8, 4) is 0 Å². The first-order valence-electron chi connectivity index (χ1n) is 9.68. The fourth-order valence-electron chi connectivity index (χ4n) is 5.39. The topological polar surface area (TPSA) is 0 Å². The van der Waals surface area contributed by atoms with Gasteiger partial charge in [0.2, 0.25) is 0 Å². The minimum Gasteiger partial charge on any atom is -0.324 e. The number of hydrogen-bond acceptors (Lipinski definition) is 0. The molecule has 1 unspecified atom stereocenters. The van der Waals surface area contributed by atoms with Gasteiger partial charge in [-0.05, 0) is 35.6 Å². The summed E-state index contributed by atoms with van der Waals surface area (Å²) in [6.07, 6.45) is 6.85. The Kier molecular flexibility index (Phi) is 4.64. The Balaban J connectivity index is 1.60. The van der Waals surface area contributed by atoms with Crippen LogP contribution < -0.4 is 0 Å². The van der Waals surface area contributed by atoms with E-state index < -0.39 is 0 Å². The van der Waals surface area contributed by atoms with Gasteiger partial charge in [-0.25, -0.2) is 0 Å². The maximum absolute atomic E-state index is 6.31. The zero-order valence-corrected chi connectivity index (χ0v) is 16.1. The predicted molar refractivity (Wildman–Crippen MR) is 106 cm³/mol. The molecule has 2 aromatic rings. The van der Waals surface area contributed by atoms with Crippen LogP contribution in [0.25, 0.3) is 0 Å². The van der Waals surface area contributed by atoms with Gasteiger partial charge in [0, 0.05) is 36.6 Å². The molecule has 1 nitrogen and oxygen atoms in total. The molecule has 4 rings (SSSR count). The Morgan fingerprint density at radius 3 is 2.20 bits per heavy atom. The van der Waals surface area contributed by atoms with E-state index >= 15 is 0 Å². The van der Waals surface area contributed by atoms with Crippen molar-refractivity contribution in [2.45, 2.75) is 50.1 Å². The molecule has 0 aliphatic carbocycles. The lowest BCUT2D eigenvalue weighted by Crippen LogP contribution is -2.54. The van der Waals surface area contributed by atoms with Crippen LogP contribution in [0.1, 0.15) is 49.1 Å². The largest absolute Gasteiger partial charge is 0.324 e. The first-order valence-corrected chi connectivity index (χ1v) is 10.1. The molecule has 2 bridgehead atoms. The van der Waals surface area contributed by atoms with Crippen molar-refractivity contribution in [3.05, 3.63) is 70.7 Å². The average Bonchev–Trinajstić information content (AvgIpc) is 2.78. The van der Waals surface area contributed by atoms with Crippen molar-refractivity contribution in [3.63, 3.8) is 0 Å². The van der Waals surface area contributed by atoms with Crippen molar-refractivity contribution in [1.82, 2.24) is 0 Å². The van der Waals surface area contributed by atoms with E-state index in [2.05, 4.69) is 62.6 Å². The molecule has 2 fully saturated rings. The summed E-state index contributed by atoms with van der Waals surface area (Å²) < 4.78 is 1.25. The summed E-state index contributed by atoms with van der Waals surface area (Å²) in [5.74, 6) is 1.28. The minimum atomic E-state index is 0.456. The van der Waals surface area contributed by atoms with Crippen LogP contribution in [0.2, 0.25) is 5.02 Å². The van der Waals surface area contributed by atoms with E-state index in [1.165, 1.54) is 47.7 Å². The molecule has 3 atom stereocenters. The highest BCUT2D eigenvalue weighted by Crippen LogP contribution is 2.46. The maximum Gasteiger partial charge on any atom is 0.0893 e. The Bertz CT molecular complexity index is 708. The van der Waals surface area contributed by atoms with Gasteiger partial charge in [0.25, 0.3) is 0 Å². The molecular formula is C23H29ClN+. The van der Waals surface area contributed by atoms with E-state index in [-0.39, 0.29) is 0 Å². The van der Waals surface area contributed by atoms with Gasteiger partial charge in [-0.3, -0.25) is 0 Å². The maximum atomic E-state index is 6.31. The molecular weight excluding hydrogens is 326 g/mol. The van der Waals surface area contributed by atoms with Gasteiger partial charge in [-0.1, -0.05) is 54.1 Å². The second kappa shape index (κ2) is 6.78. The van der Waals surface area contributed by atoms with Crippen LogP contribution in [0.4, 0.5) is 0 Å². The number of nitrogens with zero attached hydrogens (tertiary/aromatic N) is 1. The molecule has 0 saturated carbocycles. The van der Waals surface area contributed by atoms with E-state index in [0.717, 1.165) is 23.0 Å². The first-order chi connectivity index (χ1) is 12.0. The van der Waals surface area contributed by atoms with Gasteiger partial charge >= 0.3 is 0 Å². The second-order valence-corrected chi connectivity index (χ2v) is 9.04. The normalized spacial score (nSPS) is 28.7. The predicted octanol–water partition coefficient (Wildman–Crippen LogP) is 5.88. The number of rotatable bonds is 4. The zero-order valence-electron chi connectivity index (χ0n) is 15.4. The van der Waals surface area contributed by atoms with Crippen LogP contribution in [0.3, 0.4) is 0 Å². The number of benzene rings is 2. The van der Waals surface area contributed by atoms with Crippen molar-refractivity contribution in [2.75, 3.05) is 14.1 Å². The van der Waals surface area contributed by atoms with Crippen molar-refractivity contribution >= 4 is 11.6 Å². The van der Waals surface area contributed by atoms with Crippen LogP contribution in [0, 0.1) is 5.92 Å². The number of quaternary nitrogens is 1. The molecule has 132 valence electrons. The van der Waals surface area contributed by atoms with Gasteiger partial charge in [-0.2, -0.15) is 0 Å². The van der Waals surface area contributed by atoms with E-state index in [9.17, 15) is 0 Å². The van der Waals surface area contributed by atoms with E-state index in [0.29, 0.717) is 5.92 Å². The SMILES string of the molecule is C[N+]1(C)[C@H]2CC[C@H]1CC(CC(c1ccccc1)c1cccc(Cl)c1)C2. The summed E-state index contributed by atoms with van der Waals surface area (Å²) in [5, 5.41) is 0.847. The Hall–Kier alpha value is -1.31. The lowest BCUT2D eigenvalue weighted by molar-refractivity contribution is -0.931. The van der Waals surface area contributed by atoms with E-state index in [1.807, 2.05) is 6.07 Å². The zero-order chi connectivity index (χ0) is 17.4. The van der Waals surface area contributed by atoms with Crippen molar-refractivity contribution < 1.29 is 4.48 Å². The smallest absolute Gasteiger partial charge is 0.0893 e. The van der Waals surface area contributed by atoms with Crippen LogP contribution in [0.5, 0.6) is 0 Å². The Morgan fingerprint density at radius 2 is 1.56 bits per heavy atom. The molecule has 25 heavy (non-hydrogen) atoms. The lowest BCUT2D eigenvalue weighted by atomic mass is 9.78. The number of fused-ring (bicyclic) bond motifs is 2. The molecule has 0 radical (unpaired) electrons. The van der Waals surface area contributed by atoms with Crippen molar-refractivity contribution in [2.24, 2.45) is 5.92 Å². The lowest BCUT2D eigenvalue weighted by Gasteiger charge is -2.45. The molecule has 2 saturated heterocycles. The van der Waals surface area contributed by atoms with Gasteiger partial charge < -0.3 is 4.48 Å². The Labute approximate surface area is 157 Å². The minimum absolute atomic E-state index is 0.456.